The molecule has 1 heterocycles. The lowest BCUT2D eigenvalue weighted by Gasteiger charge is -2.35. The molecule has 2 N–H and O–H groups in total. The van der Waals surface area contributed by atoms with Crippen LogP contribution in [0.3, 0.4) is 0 Å². The smallest absolute Gasteiger partial charge is 0.248 e. The van der Waals surface area contributed by atoms with Gasteiger partial charge >= 0.3 is 0 Å². The first-order valence-electron chi connectivity index (χ1n) is 5.75. The van der Waals surface area contributed by atoms with E-state index >= 15 is 0 Å². The largest absolute Gasteiger partial charge is 0.382 e. The Labute approximate surface area is 96.9 Å². The second kappa shape index (κ2) is 6.83. The van der Waals surface area contributed by atoms with Crippen molar-refractivity contribution >= 4 is 5.91 Å². The highest BCUT2D eigenvalue weighted by Crippen LogP contribution is 2.14. The number of nitrogens with zero attached hydrogens (tertiary/aromatic N) is 1. The molecular weight excluding hydrogens is 208 g/mol. The van der Waals surface area contributed by atoms with Crippen molar-refractivity contribution in [2.24, 2.45) is 11.7 Å². The molecule has 2 atom stereocenters. The Kier molecular flexibility index (Phi) is 5.73. The molecule has 0 saturated carbocycles. The number of amides is 1. The number of likely N-dealkylation sites (tertiary alicyclic amines) is 1. The zero-order chi connectivity index (χ0) is 12.0. The van der Waals surface area contributed by atoms with Gasteiger partial charge in [-0.3, -0.25) is 4.79 Å². The molecule has 1 aliphatic heterocycles. The van der Waals surface area contributed by atoms with Crippen LogP contribution in [0.25, 0.3) is 0 Å². The first-order valence-corrected chi connectivity index (χ1v) is 5.75. The molecule has 1 fully saturated rings. The zero-order valence-corrected chi connectivity index (χ0v) is 10.1. The van der Waals surface area contributed by atoms with Crippen LogP contribution >= 0.6 is 0 Å². The number of ether oxygens (including phenoxy) is 2. The number of nitrogens with two attached hydrogens (primary N) is 1. The highest BCUT2D eigenvalue weighted by Gasteiger charge is 2.25. The van der Waals surface area contributed by atoms with Crippen LogP contribution in [0.1, 0.15) is 13.3 Å². The van der Waals surface area contributed by atoms with E-state index in [4.69, 9.17) is 15.2 Å². The molecule has 1 aliphatic rings. The van der Waals surface area contributed by atoms with Gasteiger partial charge in [0.25, 0.3) is 0 Å². The summed E-state index contributed by atoms with van der Waals surface area (Å²) in [7, 11) is 1.61. The van der Waals surface area contributed by atoms with Crippen molar-refractivity contribution in [3.63, 3.8) is 0 Å². The van der Waals surface area contributed by atoms with E-state index in [1.807, 2.05) is 4.90 Å². The second-order valence-electron chi connectivity index (χ2n) is 4.31. The molecule has 1 saturated heterocycles. The van der Waals surface area contributed by atoms with Crippen molar-refractivity contribution < 1.29 is 14.3 Å². The van der Waals surface area contributed by atoms with Gasteiger partial charge in [-0.1, -0.05) is 6.92 Å². The number of hydrogen-bond donors (Lipinski definition) is 1. The second-order valence-corrected chi connectivity index (χ2v) is 4.31. The average Bonchev–Trinajstić information content (AvgIpc) is 2.28. The molecule has 1 rings (SSSR count). The molecule has 0 bridgehead atoms. The minimum absolute atomic E-state index is 0.0508. The Morgan fingerprint density at radius 2 is 2.25 bits per heavy atom. The van der Waals surface area contributed by atoms with E-state index in [9.17, 15) is 4.79 Å². The van der Waals surface area contributed by atoms with E-state index in [1.165, 1.54) is 0 Å². The Morgan fingerprint density at radius 3 is 2.88 bits per heavy atom. The molecule has 0 aromatic rings. The van der Waals surface area contributed by atoms with Crippen molar-refractivity contribution in [3.8, 4) is 0 Å². The molecule has 0 radical (unpaired) electrons. The van der Waals surface area contributed by atoms with Gasteiger partial charge in [0.2, 0.25) is 5.91 Å². The van der Waals surface area contributed by atoms with Crippen molar-refractivity contribution in [3.05, 3.63) is 0 Å². The van der Waals surface area contributed by atoms with Gasteiger partial charge in [-0.15, -0.1) is 0 Å². The van der Waals surface area contributed by atoms with Gasteiger partial charge in [0.1, 0.15) is 6.61 Å². The summed E-state index contributed by atoms with van der Waals surface area (Å²) in [6.45, 7) is 4.70. The van der Waals surface area contributed by atoms with Crippen LogP contribution in [-0.2, 0) is 14.3 Å². The first-order chi connectivity index (χ1) is 7.65. The molecular formula is C11H22N2O3. The van der Waals surface area contributed by atoms with Gasteiger partial charge in [0.15, 0.2) is 0 Å². The minimum Gasteiger partial charge on any atom is -0.382 e. The summed E-state index contributed by atoms with van der Waals surface area (Å²) >= 11 is 0. The molecule has 5 heteroatoms. The molecule has 2 unspecified atom stereocenters. The fourth-order valence-corrected chi connectivity index (χ4v) is 1.78. The molecule has 94 valence electrons. The van der Waals surface area contributed by atoms with E-state index < -0.39 is 0 Å². The summed E-state index contributed by atoms with van der Waals surface area (Å²) in [5, 5.41) is 0. The zero-order valence-electron chi connectivity index (χ0n) is 10.1. The Balaban J connectivity index is 2.21. The van der Waals surface area contributed by atoms with Crippen LogP contribution < -0.4 is 5.73 Å². The van der Waals surface area contributed by atoms with Crippen LogP contribution in [0.15, 0.2) is 0 Å². The van der Waals surface area contributed by atoms with Crippen LogP contribution in [0.5, 0.6) is 0 Å². The molecule has 5 nitrogen and oxygen atoms in total. The van der Waals surface area contributed by atoms with Crippen molar-refractivity contribution in [1.82, 2.24) is 4.90 Å². The molecule has 16 heavy (non-hydrogen) atoms. The number of rotatable bonds is 5. The molecule has 0 aromatic carbocycles. The number of hydrogen-bond acceptors (Lipinski definition) is 4. The van der Waals surface area contributed by atoms with E-state index in [1.54, 1.807) is 7.11 Å². The summed E-state index contributed by atoms with van der Waals surface area (Å²) in [5.74, 6) is 0.423. The first kappa shape index (κ1) is 13.4. The Bertz CT molecular complexity index is 223. The fraction of sp³-hybridized carbons (Fsp3) is 0.909. The molecule has 1 amide bonds. The number of piperidine rings is 1. The van der Waals surface area contributed by atoms with Gasteiger partial charge in [0, 0.05) is 26.2 Å². The predicted molar refractivity (Wildman–Crippen MR) is 61.0 cm³/mol. The lowest BCUT2D eigenvalue weighted by Crippen LogP contribution is -2.49. The van der Waals surface area contributed by atoms with Crippen LogP contribution in [0, 0.1) is 5.92 Å². The standard InChI is InChI=1S/C11H22N2O3/c1-9-7-13(4-3-10(9)12)11(14)8-16-6-5-15-2/h9-10H,3-8,12H2,1-2H3. The van der Waals surface area contributed by atoms with Gasteiger partial charge in [-0.2, -0.15) is 0 Å². The molecule has 0 spiro atoms. The average molecular weight is 230 g/mol. The lowest BCUT2D eigenvalue weighted by atomic mass is 9.95. The van der Waals surface area contributed by atoms with E-state index in [-0.39, 0.29) is 18.6 Å². The highest BCUT2D eigenvalue weighted by atomic mass is 16.5. The van der Waals surface area contributed by atoms with Crippen molar-refractivity contribution in [1.29, 1.82) is 0 Å². The topological polar surface area (TPSA) is 64.8 Å². The summed E-state index contributed by atoms with van der Waals surface area (Å²) in [6.07, 6.45) is 0.880. The third kappa shape index (κ3) is 4.08. The quantitative estimate of drug-likeness (QED) is 0.667. The summed E-state index contributed by atoms with van der Waals surface area (Å²) in [6, 6.07) is 0.221. The number of carbonyl (C=O) groups excluding carboxylic acids is 1. The number of carbonyl (C=O) groups is 1. The fourth-order valence-electron chi connectivity index (χ4n) is 1.78. The molecule has 0 aliphatic carbocycles. The maximum absolute atomic E-state index is 11.7. The summed E-state index contributed by atoms with van der Waals surface area (Å²) in [4.78, 5) is 13.6. The predicted octanol–water partition coefficient (Wildman–Crippen LogP) is -0.155. The summed E-state index contributed by atoms with van der Waals surface area (Å²) < 4.78 is 10.0. The molecule has 0 aromatic heterocycles. The van der Waals surface area contributed by atoms with Crippen molar-refractivity contribution in [2.45, 2.75) is 19.4 Å². The van der Waals surface area contributed by atoms with E-state index in [2.05, 4.69) is 6.92 Å². The highest BCUT2D eigenvalue weighted by molar-refractivity contribution is 5.77. The van der Waals surface area contributed by atoms with Gasteiger partial charge in [-0.25, -0.2) is 0 Å². The van der Waals surface area contributed by atoms with Gasteiger partial charge < -0.3 is 20.1 Å². The van der Waals surface area contributed by atoms with Gasteiger partial charge in [0.05, 0.1) is 13.2 Å². The Morgan fingerprint density at radius 1 is 1.50 bits per heavy atom. The minimum atomic E-state index is 0.0508. The normalized spacial score (nSPS) is 25.8. The van der Waals surface area contributed by atoms with Crippen LogP contribution in [0.4, 0.5) is 0 Å². The maximum atomic E-state index is 11.7. The van der Waals surface area contributed by atoms with Crippen LogP contribution in [-0.4, -0.2) is 56.9 Å². The monoisotopic (exact) mass is 230 g/mol. The van der Waals surface area contributed by atoms with E-state index in [0.29, 0.717) is 19.1 Å². The van der Waals surface area contributed by atoms with Gasteiger partial charge in [-0.05, 0) is 12.3 Å². The van der Waals surface area contributed by atoms with E-state index in [0.717, 1.165) is 19.5 Å². The third-order valence-electron chi connectivity index (χ3n) is 2.98. The Hall–Kier alpha value is -0.650. The maximum Gasteiger partial charge on any atom is 0.248 e. The SMILES string of the molecule is COCCOCC(=O)N1CCC(N)C(C)C1. The van der Waals surface area contributed by atoms with Crippen molar-refractivity contribution in [2.75, 3.05) is 40.0 Å². The van der Waals surface area contributed by atoms with Crippen LogP contribution in [0.2, 0.25) is 0 Å². The summed E-state index contributed by atoms with van der Waals surface area (Å²) in [5.41, 5.74) is 5.89. The third-order valence-corrected chi connectivity index (χ3v) is 2.98. The number of methoxy groups -OCH3 is 1. The lowest BCUT2D eigenvalue weighted by molar-refractivity contribution is -0.138.